The van der Waals surface area contributed by atoms with Crippen LogP contribution < -0.4 is 4.90 Å². The van der Waals surface area contributed by atoms with Gasteiger partial charge in [0.15, 0.2) is 19.7 Å². The van der Waals surface area contributed by atoms with Crippen molar-refractivity contribution in [2.45, 2.75) is 37.6 Å². The van der Waals surface area contributed by atoms with E-state index in [9.17, 15) is 21.6 Å². The zero-order valence-corrected chi connectivity index (χ0v) is 20.6. The van der Waals surface area contributed by atoms with E-state index in [0.29, 0.717) is 32.6 Å². The number of hydrogen-bond acceptors (Lipinski definition) is 7. The zero-order chi connectivity index (χ0) is 23.8. The Labute approximate surface area is 195 Å². The molecular formula is C22H30N4O5S2. The molecule has 1 aromatic heterocycles. The molecule has 0 N–H and O–H groups in total. The van der Waals surface area contributed by atoms with Gasteiger partial charge in [-0.25, -0.2) is 16.8 Å². The molecule has 0 bridgehead atoms. The second-order valence-electron chi connectivity index (χ2n) is 8.77. The van der Waals surface area contributed by atoms with Crippen LogP contribution in [0.15, 0.2) is 35.2 Å². The molecule has 0 saturated carbocycles. The van der Waals surface area contributed by atoms with Gasteiger partial charge in [-0.15, -0.1) is 0 Å². The Morgan fingerprint density at radius 2 is 1.76 bits per heavy atom. The third-order valence-electron chi connectivity index (χ3n) is 6.48. The predicted molar refractivity (Wildman–Crippen MR) is 126 cm³/mol. The van der Waals surface area contributed by atoms with Gasteiger partial charge in [-0.1, -0.05) is 18.2 Å². The first kappa shape index (κ1) is 23.7. The zero-order valence-electron chi connectivity index (χ0n) is 19.0. The van der Waals surface area contributed by atoms with Crippen LogP contribution in [-0.2, 0) is 24.5 Å². The van der Waals surface area contributed by atoms with Crippen molar-refractivity contribution in [3.63, 3.8) is 0 Å². The monoisotopic (exact) mass is 494 g/mol. The molecule has 2 aliphatic heterocycles. The normalized spacial score (nSPS) is 20.8. The second kappa shape index (κ2) is 9.09. The molecule has 2 aromatic rings. The molecule has 3 heterocycles. The summed E-state index contributed by atoms with van der Waals surface area (Å²) in [6.45, 7) is 6.14. The summed E-state index contributed by atoms with van der Waals surface area (Å²) < 4.78 is 50.5. The summed E-state index contributed by atoms with van der Waals surface area (Å²) in [7, 11) is -6.49. The van der Waals surface area contributed by atoms with Gasteiger partial charge in [-0.2, -0.15) is 5.10 Å². The van der Waals surface area contributed by atoms with Crippen LogP contribution >= 0.6 is 0 Å². The largest absolute Gasteiger partial charge is 0.365 e. The molecule has 0 radical (unpaired) electrons. The summed E-state index contributed by atoms with van der Waals surface area (Å²) in [4.78, 5) is 16.8. The number of amides is 1. The van der Waals surface area contributed by atoms with Crippen LogP contribution in [0.4, 0.5) is 5.69 Å². The lowest BCUT2D eigenvalue weighted by atomic mass is 10.2. The first-order valence-corrected chi connectivity index (χ1v) is 14.6. The fraction of sp³-hybridized carbons (Fsp3) is 0.545. The summed E-state index contributed by atoms with van der Waals surface area (Å²) in [5.41, 5.74) is 2.80. The first-order chi connectivity index (χ1) is 15.6. The van der Waals surface area contributed by atoms with E-state index >= 15 is 0 Å². The van der Waals surface area contributed by atoms with E-state index < -0.39 is 19.7 Å². The minimum absolute atomic E-state index is 0.0383. The molecule has 1 atom stereocenters. The van der Waals surface area contributed by atoms with E-state index in [1.165, 1.54) is 0 Å². The number of nitrogens with zero attached hydrogens (tertiary/aromatic N) is 4. The maximum Gasteiger partial charge on any atom is 0.223 e. The minimum Gasteiger partial charge on any atom is -0.365 e. The molecule has 0 aliphatic carbocycles. The van der Waals surface area contributed by atoms with Crippen molar-refractivity contribution in [1.82, 2.24) is 14.7 Å². The average molecular weight is 495 g/mol. The van der Waals surface area contributed by atoms with Crippen LogP contribution in [0.3, 0.4) is 0 Å². The van der Waals surface area contributed by atoms with Crippen molar-refractivity contribution in [2.24, 2.45) is 0 Å². The lowest BCUT2D eigenvalue weighted by Gasteiger charge is -2.36. The quantitative estimate of drug-likeness (QED) is 0.597. The highest BCUT2D eigenvalue weighted by Gasteiger charge is 2.33. The molecule has 180 valence electrons. The van der Waals surface area contributed by atoms with Crippen molar-refractivity contribution in [3.8, 4) is 0 Å². The maximum absolute atomic E-state index is 12.7. The Balaban J connectivity index is 1.36. The van der Waals surface area contributed by atoms with Gasteiger partial charge in [-0.3, -0.25) is 9.48 Å². The van der Waals surface area contributed by atoms with Crippen molar-refractivity contribution in [2.75, 3.05) is 48.3 Å². The van der Waals surface area contributed by atoms with E-state index in [1.807, 2.05) is 18.5 Å². The van der Waals surface area contributed by atoms with Gasteiger partial charge in [0.25, 0.3) is 0 Å². The number of benzene rings is 1. The van der Waals surface area contributed by atoms with Crippen LogP contribution in [0, 0.1) is 13.8 Å². The van der Waals surface area contributed by atoms with Gasteiger partial charge >= 0.3 is 0 Å². The molecule has 33 heavy (non-hydrogen) atoms. The summed E-state index contributed by atoms with van der Waals surface area (Å²) >= 11 is 0. The third kappa shape index (κ3) is 5.08. The molecule has 0 unspecified atom stereocenters. The highest BCUT2D eigenvalue weighted by molar-refractivity contribution is 7.91. The number of sulfone groups is 2. The minimum atomic E-state index is -3.48. The Morgan fingerprint density at radius 1 is 1.09 bits per heavy atom. The van der Waals surface area contributed by atoms with Crippen molar-refractivity contribution in [3.05, 3.63) is 41.7 Å². The number of piperazine rings is 1. The highest BCUT2D eigenvalue weighted by atomic mass is 32.2. The second-order valence-corrected chi connectivity index (χ2v) is 13.1. The smallest absolute Gasteiger partial charge is 0.223 e. The van der Waals surface area contributed by atoms with Crippen molar-refractivity contribution in [1.29, 1.82) is 0 Å². The molecule has 2 fully saturated rings. The lowest BCUT2D eigenvalue weighted by molar-refractivity contribution is -0.131. The van der Waals surface area contributed by atoms with E-state index in [-0.39, 0.29) is 40.5 Å². The Bertz CT molecular complexity index is 1230. The predicted octanol–water partition coefficient (Wildman–Crippen LogP) is 1.37. The van der Waals surface area contributed by atoms with Crippen LogP contribution in [0.1, 0.15) is 30.3 Å². The molecule has 2 aliphatic rings. The number of carbonyl (C=O) groups excluding carboxylic acids is 1. The number of aryl methyl sites for hydroxylation is 1. The van der Waals surface area contributed by atoms with Gasteiger partial charge in [0.2, 0.25) is 5.91 Å². The van der Waals surface area contributed by atoms with E-state index in [1.54, 1.807) is 35.2 Å². The molecule has 2 saturated heterocycles. The topological polar surface area (TPSA) is 110 Å². The Hall–Kier alpha value is -2.40. The van der Waals surface area contributed by atoms with Crippen molar-refractivity contribution < 1.29 is 21.6 Å². The number of carbonyl (C=O) groups is 1. The molecular weight excluding hydrogens is 464 g/mol. The van der Waals surface area contributed by atoms with Gasteiger partial charge in [-0.05, 0) is 32.4 Å². The maximum atomic E-state index is 12.7. The average Bonchev–Trinajstić information content (AvgIpc) is 3.30. The summed E-state index contributed by atoms with van der Waals surface area (Å²) in [6.07, 6.45) is 0.543. The standard InChI is InChI=1S/C22H30N4O5S2/c1-17-22(18(2)26(23-17)19-8-14-32(28,29)16-19)25-12-10-24(11-13-25)21(27)9-15-33(30,31)20-6-4-3-5-7-20/h3-7,19H,8-16H2,1-2H3/t19-/m1/s1. The molecule has 11 heteroatoms. The van der Waals surface area contributed by atoms with E-state index in [4.69, 9.17) is 0 Å². The molecule has 1 amide bonds. The first-order valence-electron chi connectivity index (χ1n) is 11.1. The number of aromatic nitrogens is 2. The number of anilines is 1. The van der Waals surface area contributed by atoms with E-state index in [0.717, 1.165) is 17.1 Å². The van der Waals surface area contributed by atoms with Gasteiger partial charge in [0.05, 0.1) is 45.3 Å². The van der Waals surface area contributed by atoms with Gasteiger partial charge in [0.1, 0.15) is 0 Å². The third-order valence-corrected chi connectivity index (χ3v) is 9.96. The molecule has 4 rings (SSSR count). The van der Waals surface area contributed by atoms with E-state index in [2.05, 4.69) is 10.00 Å². The number of rotatable bonds is 6. The highest BCUT2D eigenvalue weighted by Crippen LogP contribution is 2.31. The van der Waals surface area contributed by atoms with Crippen LogP contribution in [0.2, 0.25) is 0 Å². The van der Waals surface area contributed by atoms with Crippen molar-refractivity contribution >= 4 is 31.3 Å². The summed E-state index contributed by atoms with van der Waals surface area (Å²) in [5.74, 6) is -0.0329. The summed E-state index contributed by atoms with van der Waals surface area (Å²) in [6, 6.07) is 8.07. The molecule has 0 spiro atoms. The van der Waals surface area contributed by atoms with Crippen LogP contribution in [0.5, 0.6) is 0 Å². The Morgan fingerprint density at radius 3 is 2.36 bits per heavy atom. The number of hydrogen-bond donors (Lipinski definition) is 0. The fourth-order valence-corrected chi connectivity index (χ4v) is 7.68. The van der Waals surface area contributed by atoms with Crippen LogP contribution in [0.25, 0.3) is 0 Å². The molecule has 9 nitrogen and oxygen atoms in total. The molecule has 1 aromatic carbocycles. The van der Waals surface area contributed by atoms with Gasteiger partial charge < -0.3 is 9.80 Å². The Kier molecular flexibility index (Phi) is 6.54. The fourth-order valence-electron chi connectivity index (χ4n) is 4.74. The summed E-state index contributed by atoms with van der Waals surface area (Å²) in [5, 5.41) is 4.64. The van der Waals surface area contributed by atoms with Gasteiger partial charge in [0, 0.05) is 32.6 Å². The SMILES string of the molecule is Cc1nn([C@@H]2CCS(=O)(=O)C2)c(C)c1N1CCN(C(=O)CCS(=O)(=O)c2ccccc2)CC1. The lowest BCUT2D eigenvalue weighted by Crippen LogP contribution is -2.49. The van der Waals surface area contributed by atoms with Crippen LogP contribution in [-0.4, -0.2) is 80.9 Å².